The summed E-state index contributed by atoms with van der Waals surface area (Å²) in [5, 5.41) is 7.33. The van der Waals surface area contributed by atoms with Crippen LogP contribution in [-0.2, 0) is 6.42 Å². The van der Waals surface area contributed by atoms with E-state index in [1.54, 1.807) is 12.3 Å². The van der Waals surface area contributed by atoms with E-state index in [1.165, 1.54) is 10.9 Å². The van der Waals surface area contributed by atoms with Crippen LogP contribution in [-0.4, -0.2) is 33.4 Å². The number of nitrogens with one attached hydrogen (secondary N) is 3. The summed E-state index contributed by atoms with van der Waals surface area (Å²) >= 11 is 0. The Labute approximate surface area is 139 Å². The van der Waals surface area contributed by atoms with E-state index in [4.69, 9.17) is 0 Å². The molecule has 2 aromatic heterocycles. The highest BCUT2D eigenvalue weighted by atomic mass is 16.1. The van der Waals surface area contributed by atoms with Crippen molar-refractivity contribution < 1.29 is 4.79 Å². The Morgan fingerprint density at radius 2 is 2.12 bits per heavy atom. The summed E-state index contributed by atoms with van der Waals surface area (Å²) in [5.41, 5.74) is 2.71. The van der Waals surface area contributed by atoms with Crippen molar-refractivity contribution >= 4 is 22.8 Å². The van der Waals surface area contributed by atoms with E-state index in [2.05, 4.69) is 31.7 Å². The summed E-state index contributed by atoms with van der Waals surface area (Å²) < 4.78 is 0. The molecule has 122 valence electrons. The van der Waals surface area contributed by atoms with Crippen molar-refractivity contribution in [3.63, 3.8) is 0 Å². The molecule has 0 bridgehead atoms. The Kier molecular flexibility index (Phi) is 3.86. The average molecular weight is 321 g/mol. The van der Waals surface area contributed by atoms with Gasteiger partial charge in [-0.05, 0) is 37.0 Å². The van der Waals surface area contributed by atoms with E-state index in [1.807, 2.05) is 24.4 Å². The molecular weight excluding hydrogens is 302 g/mol. The standard InChI is InChI=1S/C18H19N5O/c24-17(16-8-10-20-18(23-16)22-13-5-6-13)19-9-7-12-11-21-15-4-2-1-3-14(12)15/h1-4,8,10-11,13,21H,5-7,9H2,(H,19,24)(H,20,22,23). The highest BCUT2D eigenvalue weighted by Gasteiger charge is 2.22. The normalized spacial score (nSPS) is 13.8. The molecule has 1 aliphatic carbocycles. The van der Waals surface area contributed by atoms with Gasteiger partial charge in [0, 0.05) is 35.9 Å². The number of anilines is 1. The molecule has 1 aliphatic rings. The topological polar surface area (TPSA) is 82.7 Å². The molecule has 1 amide bonds. The lowest BCUT2D eigenvalue weighted by atomic mass is 10.1. The molecule has 6 heteroatoms. The number of aromatic amines is 1. The number of carbonyl (C=O) groups is 1. The van der Waals surface area contributed by atoms with Crippen LogP contribution in [0.4, 0.5) is 5.95 Å². The summed E-state index contributed by atoms with van der Waals surface area (Å²) in [5.74, 6) is 0.359. The second-order valence-electron chi connectivity index (χ2n) is 6.05. The monoisotopic (exact) mass is 321 g/mol. The lowest BCUT2D eigenvalue weighted by Crippen LogP contribution is -2.27. The van der Waals surface area contributed by atoms with Crippen molar-refractivity contribution in [1.29, 1.82) is 0 Å². The third-order valence-corrected chi connectivity index (χ3v) is 4.15. The average Bonchev–Trinajstić information content (AvgIpc) is 3.33. The highest BCUT2D eigenvalue weighted by Crippen LogP contribution is 2.22. The first-order valence-corrected chi connectivity index (χ1v) is 8.22. The van der Waals surface area contributed by atoms with E-state index in [0.717, 1.165) is 24.8 Å². The zero-order chi connectivity index (χ0) is 16.4. The molecule has 24 heavy (non-hydrogen) atoms. The Hall–Kier alpha value is -2.89. The maximum absolute atomic E-state index is 12.3. The van der Waals surface area contributed by atoms with Crippen LogP contribution in [0, 0.1) is 0 Å². The van der Waals surface area contributed by atoms with E-state index >= 15 is 0 Å². The molecule has 0 radical (unpaired) electrons. The van der Waals surface area contributed by atoms with Crippen molar-refractivity contribution in [3.05, 3.63) is 54.0 Å². The van der Waals surface area contributed by atoms with Gasteiger partial charge in [-0.3, -0.25) is 4.79 Å². The van der Waals surface area contributed by atoms with Crippen molar-refractivity contribution in [2.45, 2.75) is 25.3 Å². The first kappa shape index (κ1) is 14.7. The Balaban J connectivity index is 1.36. The maximum atomic E-state index is 12.3. The Morgan fingerprint density at radius 3 is 3.00 bits per heavy atom. The fourth-order valence-corrected chi connectivity index (χ4v) is 2.70. The lowest BCUT2D eigenvalue weighted by Gasteiger charge is -2.06. The van der Waals surface area contributed by atoms with Crippen LogP contribution in [0.25, 0.3) is 10.9 Å². The van der Waals surface area contributed by atoms with Crippen molar-refractivity contribution in [2.75, 3.05) is 11.9 Å². The molecule has 4 rings (SSSR count). The minimum atomic E-state index is -0.170. The number of H-pyrrole nitrogens is 1. The molecule has 3 N–H and O–H groups in total. The van der Waals surface area contributed by atoms with Gasteiger partial charge in [-0.15, -0.1) is 0 Å². The Morgan fingerprint density at radius 1 is 1.25 bits per heavy atom. The third-order valence-electron chi connectivity index (χ3n) is 4.15. The van der Waals surface area contributed by atoms with E-state index in [9.17, 15) is 4.79 Å². The summed E-state index contributed by atoms with van der Waals surface area (Å²) in [6.07, 6.45) is 6.67. The Bertz CT molecular complexity index is 868. The van der Waals surface area contributed by atoms with E-state index < -0.39 is 0 Å². The number of amides is 1. The predicted molar refractivity (Wildman–Crippen MR) is 93.0 cm³/mol. The molecule has 0 unspecified atom stereocenters. The van der Waals surface area contributed by atoms with Gasteiger partial charge in [-0.25, -0.2) is 9.97 Å². The number of fused-ring (bicyclic) bond motifs is 1. The first-order valence-electron chi connectivity index (χ1n) is 8.22. The summed E-state index contributed by atoms with van der Waals surface area (Å²) in [6, 6.07) is 10.3. The smallest absolute Gasteiger partial charge is 0.270 e. The molecule has 0 aliphatic heterocycles. The molecule has 0 saturated heterocycles. The van der Waals surface area contributed by atoms with Crippen molar-refractivity contribution in [2.24, 2.45) is 0 Å². The maximum Gasteiger partial charge on any atom is 0.270 e. The quantitative estimate of drug-likeness (QED) is 0.651. The van der Waals surface area contributed by atoms with Gasteiger partial charge in [-0.2, -0.15) is 0 Å². The van der Waals surface area contributed by atoms with Crippen LogP contribution in [0.15, 0.2) is 42.7 Å². The molecule has 0 spiro atoms. The fourth-order valence-electron chi connectivity index (χ4n) is 2.70. The zero-order valence-corrected chi connectivity index (χ0v) is 13.2. The number of carbonyl (C=O) groups excluding carboxylic acids is 1. The van der Waals surface area contributed by atoms with Gasteiger partial charge < -0.3 is 15.6 Å². The second kappa shape index (κ2) is 6.31. The number of benzene rings is 1. The van der Waals surface area contributed by atoms with Crippen molar-refractivity contribution in [3.8, 4) is 0 Å². The van der Waals surface area contributed by atoms with Crippen LogP contribution in [0.2, 0.25) is 0 Å². The van der Waals surface area contributed by atoms with Crippen LogP contribution in [0.3, 0.4) is 0 Å². The second-order valence-corrected chi connectivity index (χ2v) is 6.05. The first-order chi connectivity index (χ1) is 11.8. The minimum absolute atomic E-state index is 0.170. The van der Waals surface area contributed by atoms with Crippen LogP contribution in [0.5, 0.6) is 0 Å². The van der Waals surface area contributed by atoms with Crippen LogP contribution >= 0.6 is 0 Å². The van der Waals surface area contributed by atoms with Gasteiger partial charge in [0.1, 0.15) is 5.69 Å². The molecule has 1 saturated carbocycles. The third kappa shape index (κ3) is 3.22. The zero-order valence-electron chi connectivity index (χ0n) is 13.2. The molecule has 1 fully saturated rings. The number of nitrogens with zero attached hydrogens (tertiary/aromatic N) is 2. The fraction of sp³-hybridized carbons (Fsp3) is 0.278. The van der Waals surface area contributed by atoms with Gasteiger partial charge >= 0.3 is 0 Å². The predicted octanol–water partition coefficient (Wildman–Crippen LogP) is 2.50. The molecule has 0 atom stereocenters. The van der Waals surface area contributed by atoms with Crippen LogP contribution in [0.1, 0.15) is 28.9 Å². The van der Waals surface area contributed by atoms with E-state index in [0.29, 0.717) is 24.2 Å². The number of aromatic nitrogens is 3. The number of hydrogen-bond donors (Lipinski definition) is 3. The largest absolute Gasteiger partial charge is 0.361 e. The summed E-state index contributed by atoms with van der Waals surface area (Å²) in [7, 11) is 0. The summed E-state index contributed by atoms with van der Waals surface area (Å²) in [4.78, 5) is 23.9. The summed E-state index contributed by atoms with van der Waals surface area (Å²) in [6.45, 7) is 0.566. The van der Waals surface area contributed by atoms with Crippen molar-refractivity contribution in [1.82, 2.24) is 20.3 Å². The van der Waals surface area contributed by atoms with E-state index in [-0.39, 0.29) is 5.91 Å². The van der Waals surface area contributed by atoms with Gasteiger partial charge in [-0.1, -0.05) is 18.2 Å². The van der Waals surface area contributed by atoms with Gasteiger partial charge in [0.2, 0.25) is 5.95 Å². The molecule has 6 nitrogen and oxygen atoms in total. The lowest BCUT2D eigenvalue weighted by molar-refractivity contribution is 0.0949. The SMILES string of the molecule is O=C(NCCc1c[nH]c2ccccc12)c1ccnc(NC2CC2)n1. The number of rotatable bonds is 6. The number of para-hydroxylation sites is 1. The molecule has 3 aromatic rings. The molecular formula is C18H19N5O. The van der Waals surface area contributed by atoms with Gasteiger partial charge in [0.15, 0.2) is 0 Å². The molecule has 2 heterocycles. The highest BCUT2D eigenvalue weighted by molar-refractivity contribution is 5.92. The molecule has 1 aromatic carbocycles. The number of hydrogen-bond acceptors (Lipinski definition) is 4. The van der Waals surface area contributed by atoms with Gasteiger partial charge in [0.25, 0.3) is 5.91 Å². The van der Waals surface area contributed by atoms with Gasteiger partial charge in [0.05, 0.1) is 0 Å². The van der Waals surface area contributed by atoms with Crippen LogP contribution < -0.4 is 10.6 Å². The minimum Gasteiger partial charge on any atom is -0.361 e.